The fourth-order valence-electron chi connectivity index (χ4n) is 4.21. The van der Waals surface area contributed by atoms with Gasteiger partial charge in [-0.2, -0.15) is 4.98 Å². The highest BCUT2D eigenvalue weighted by Gasteiger charge is 2.37. The van der Waals surface area contributed by atoms with Crippen molar-refractivity contribution < 1.29 is 8.78 Å². The van der Waals surface area contributed by atoms with E-state index in [2.05, 4.69) is 33.5 Å². The predicted molar refractivity (Wildman–Crippen MR) is 125 cm³/mol. The van der Waals surface area contributed by atoms with Gasteiger partial charge in [0, 0.05) is 30.8 Å². The summed E-state index contributed by atoms with van der Waals surface area (Å²) in [5.74, 6) is -0.991. The molecule has 0 atom stereocenters. The largest absolute Gasteiger partial charge is 0.382 e. The van der Waals surface area contributed by atoms with Crippen molar-refractivity contribution in [2.24, 2.45) is 0 Å². The van der Waals surface area contributed by atoms with Gasteiger partial charge in [-0.3, -0.25) is 4.90 Å². The van der Waals surface area contributed by atoms with Crippen LogP contribution in [-0.4, -0.2) is 59.6 Å². The smallest absolute Gasteiger partial charge is 0.261 e. The minimum absolute atomic E-state index is 0.0382. The van der Waals surface area contributed by atoms with Gasteiger partial charge in [0.2, 0.25) is 5.95 Å². The summed E-state index contributed by atoms with van der Waals surface area (Å²) >= 11 is 0. The Bertz CT molecular complexity index is 1290. The molecule has 33 heavy (non-hydrogen) atoms. The molecular weight excluding hydrogens is 428 g/mol. The summed E-state index contributed by atoms with van der Waals surface area (Å²) in [5.41, 5.74) is 15.8. The Morgan fingerprint density at radius 3 is 2.48 bits per heavy atom. The molecule has 1 fully saturated rings. The Hall–Kier alpha value is -3.34. The topological polar surface area (TPSA) is 116 Å². The van der Waals surface area contributed by atoms with E-state index in [1.165, 1.54) is 0 Å². The lowest BCUT2D eigenvalue weighted by atomic mass is 10.2. The van der Waals surface area contributed by atoms with Gasteiger partial charge >= 0.3 is 0 Å². The second-order valence-electron chi connectivity index (χ2n) is 8.51. The number of aromatic nitrogens is 6. The zero-order valence-corrected chi connectivity index (χ0v) is 19.3. The number of likely N-dealkylation sites (tertiary alicyclic amines) is 1. The van der Waals surface area contributed by atoms with Crippen LogP contribution < -0.4 is 11.5 Å². The molecule has 4 aromatic heterocycles. The zero-order valence-electron chi connectivity index (χ0n) is 19.3. The molecule has 0 radical (unpaired) electrons. The molecule has 5 heterocycles. The maximum absolute atomic E-state index is 12.3. The average Bonchev–Trinajstić information content (AvgIpc) is 3.41. The summed E-state index contributed by atoms with van der Waals surface area (Å²) in [7, 11) is 0. The van der Waals surface area contributed by atoms with E-state index in [4.69, 9.17) is 16.5 Å². The van der Waals surface area contributed by atoms with Gasteiger partial charge in [0.25, 0.3) is 5.92 Å². The number of hydrogen-bond acceptors (Lipinski definition) is 7. The highest BCUT2D eigenvalue weighted by molar-refractivity contribution is 5.88. The van der Waals surface area contributed by atoms with Crippen LogP contribution in [0.25, 0.3) is 27.9 Å². The number of nitrogens with zero attached hydrogens (tertiary/aromatic N) is 7. The number of pyridine rings is 1. The average molecular weight is 458 g/mol. The lowest BCUT2D eigenvalue weighted by Crippen LogP contribution is -2.24. The lowest BCUT2D eigenvalue weighted by Gasteiger charge is -2.11. The van der Waals surface area contributed by atoms with Crippen molar-refractivity contribution in [1.29, 1.82) is 0 Å². The molecule has 0 spiro atoms. The molecule has 176 valence electrons. The number of hydrogen-bond donors (Lipinski definition) is 2. The van der Waals surface area contributed by atoms with E-state index in [0.29, 0.717) is 17.9 Å². The first-order valence-electron chi connectivity index (χ1n) is 11.0. The molecule has 0 amide bonds. The van der Waals surface area contributed by atoms with Gasteiger partial charge in [-0.25, -0.2) is 23.3 Å². The number of rotatable bonds is 3. The van der Waals surface area contributed by atoms with Crippen LogP contribution in [0.3, 0.4) is 0 Å². The molecule has 0 saturated carbocycles. The van der Waals surface area contributed by atoms with Crippen LogP contribution in [0.5, 0.6) is 0 Å². The molecule has 0 aliphatic carbocycles. The fourth-order valence-corrected chi connectivity index (χ4v) is 4.21. The molecule has 4 aromatic rings. The third kappa shape index (κ3) is 4.45. The van der Waals surface area contributed by atoms with Crippen LogP contribution >= 0.6 is 0 Å². The molecule has 1 saturated heterocycles. The van der Waals surface area contributed by atoms with Crippen LogP contribution in [-0.2, 0) is 0 Å². The van der Waals surface area contributed by atoms with E-state index in [0.717, 1.165) is 34.8 Å². The van der Waals surface area contributed by atoms with E-state index in [9.17, 15) is 8.78 Å². The molecule has 0 unspecified atom stereocenters. The first-order chi connectivity index (χ1) is 15.6. The van der Waals surface area contributed by atoms with Crippen molar-refractivity contribution in [3.05, 3.63) is 30.2 Å². The van der Waals surface area contributed by atoms with Gasteiger partial charge in [0.15, 0.2) is 11.5 Å². The number of fused-ring (bicyclic) bond motifs is 2. The van der Waals surface area contributed by atoms with Crippen molar-refractivity contribution in [2.75, 3.05) is 31.1 Å². The third-order valence-electron chi connectivity index (χ3n) is 5.76. The van der Waals surface area contributed by atoms with Crippen molar-refractivity contribution in [2.45, 2.75) is 46.1 Å². The number of alkyl halides is 2. The first kappa shape index (κ1) is 22.8. The van der Waals surface area contributed by atoms with Gasteiger partial charge in [-0.15, -0.1) is 5.10 Å². The Kier molecular flexibility index (Phi) is 5.91. The minimum Gasteiger partial charge on any atom is -0.382 e. The lowest BCUT2D eigenvalue weighted by molar-refractivity contribution is 0.0127. The normalized spacial score (nSPS) is 16.0. The Labute approximate surface area is 190 Å². The molecule has 0 bridgehead atoms. The monoisotopic (exact) mass is 457 g/mol. The van der Waals surface area contributed by atoms with Crippen LogP contribution in [0, 0.1) is 6.92 Å². The molecule has 1 aliphatic heterocycles. The highest BCUT2D eigenvalue weighted by atomic mass is 19.3. The molecule has 0 aromatic carbocycles. The molecular formula is C22H29F2N9. The molecule has 1 aliphatic rings. The number of nitrogen functional groups attached to an aromatic ring is 2. The first-order valence-corrected chi connectivity index (χ1v) is 11.0. The van der Waals surface area contributed by atoms with E-state index in [1.54, 1.807) is 15.6 Å². The van der Waals surface area contributed by atoms with Crippen molar-refractivity contribution in [3.63, 3.8) is 0 Å². The molecule has 11 heteroatoms. The second-order valence-corrected chi connectivity index (χ2v) is 8.51. The summed E-state index contributed by atoms with van der Waals surface area (Å²) in [6.45, 7) is 9.39. The van der Waals surface area contributed by atoms with Crippen LogP contribution in [0.1, 0.15) is 39.1 Å². The second kappa shape index (κ2) is 8.54. The molecule has 5 rings (SSSR count). The van der Waals surface area contributed by atoms with Gasteiger partial charge in [-0.05, 0) is 45.5 Å². The minimum atomic E-state index is -2.41. The number of anilines is 2. The van der Waals surface area contributed by atoms with E-state index in [1.807, 2.05) is 32.0 Å². The zero-order chi connectivity index (χ0) is 23.9. The molecule has 4 N–H and O–H groups in total. The van der Waals surface area contributed by atoms with Gasteiger partial charge in [-0.1, -0.05) is 6.92 Å². The summed E-state index contributed by atoms with van der Waals surface area (Å²) in [6.07, 6.45) is 1.84. The Balaban J connectivity index is 0.000000243. The SMILES string of the molecule is CCN1CCC(F)(F)C1.Cc1nc2ccc(-c3ccn4nc(N)nc(N)c34)nc2n1C(C)C. The van der Waals surface area contributed by atoms with Crippen molar-refractivity contribution in [1.82, 2.24) is 34.0 Å². The summed E-state index contributed by atoms with van der Waals surface area (Å²) in [4.78, 5) is 15.2. The van der Waals surface area contributed by atoms with Gasteiger partial charge in [0.1, 0.15) is 16.9 Å². The number of aryl methyl sites for hydroxylation is 1. The summed E-state index contributed by atoms with van der Waals surface area (Å²) in [6, 6.07) is 6.10. The maximum Gasteiger partial charge on any atom is 0.261 e. The summed E-state index contributed by atoms with van der Waals surface area (Å²) < 4.78 is 28.4. The van der Waals surface area contributed by atoms with Crippen LogP contribution in [0.15, 0.2) is 24.4 Å². The van der Waals surface area contributed by atoms with Crippen molar-refractivity contribution >= 4 is 28.4 Å². The van der Waals surface area contributed by atoms with Crippen LogP contribution in [0.4, 0.5) is 20.5 Å². The fraction of sp³-hybridized carbons (Fsp3) is 0.455. The molecule has 9 nitrogen and oxygen atoms in total. The predicted octanol–water partition coefficient (Wildman–Crippen LogP) is 3.54. The van der Waals surface area contributed by atoms with E-state index in [-0.39, 0.29) is 25.0 Å². The Morgan fingerprint density at radius 1 is 1.12 bits per heavy atom. The van der Waals surface area contributed by atoms with Crippen molar-refractivity contribution in [3.8, 4) is 11.3 Å². The van der Waals surface area contributed by atoms with Gasteiger partial charge in [0.05, 0.1) is 12.2 Å². The maximum atomic E-state index is 12.3. The third-order valence-corrected chi connectivity index (χ3v) is 5.76. The quantitative estimate of drug-likeness (QED) is 0.483. The standard InChI is InChI=1S/C16H18N8.C6H11F2N/c1-8(2)24-9(3)19-12-5-4-11(20-15(12)24)10-6-7-23-13(10)14(17)21-16(18)22-23;1-2-9-4-3-6(7,8)5-9/h4-8H,1-3H3,(H4,17,18,21,22);2-5H2,1H3. The number of nitrogens with two attached hydrogens (primary N) is 2. The van der Waals surface area contributed by atoms with Gasteiger partial charge < -0.3 is 16.0 Å². The Morgan fingerprint density at radius 2 is 1.88 bits per heavy atom. The number of imidazole rings is 1. The van der Waals surface area contributed by atoms with E-state index >= 15 is 0 Å². The van der Waals surface area contributed by atoms with Crippen LogP contribution in [0.2, 0.25) is 0 Å². The highest BCUT2D eigenvalue weighted by Crippen LogP contribution is 2.30. The van der Waals surface area contributed by atoms with E-state index < -0.39 is 5.92 Å². The number of halogens is 2. The summed E-state index contributed by atoms with van der Waals surface area (Å²) in [5, 5.41) is 4.15.